The van der Waals surface area contributed by atoms with Gasteiger partial charge in [-0.2, -0.15) is 10.1 Å². The van der Waals surface area contributed by atoms with Crippen LogP contribution >= 0.6 is 7.75 Å². The smallest absolute Gasteiger partial charge is 0.459 e. The minimum atomic E-state index is -4.55. The molecule has 5 atom stereocenters. The second kappa shape index (κ2) is 12.9. The van der Waals surface area contributed by atoms with E-state index in [1.54, 1.807) is 32.0 Å². The third-order valence-corrected chi connectivity index (χ3v) is 7.30. The number of halogens is 1. The van der Waals surface area contributed by atoms with E-state index in [0.29, 0.717) is 5.39 Å². The molecule has 12 nitrogen and oxygen atoms in total. The van der Waals surface area contributed by atoms with E-state index in [2.05, 4.69) is 10.1 Å². The summed E-state index contributed by atoms with van der Waals surface area (Å²) in [4.78, 5) is 28.2. The van der Waals surface area contributed by atoms with Crippen LogP contribution in [0.5, 0.6) is 5.75 Å². The first-order valence-corrected chi connectivity index (χ1v) is 14.1. The number of esters is 1. The fourth-order valence-electron chi connectivity index (χ4n) is 3.59. The summed E-state index contributed by atoms with van der Waals surface area (Å²) in [6.45, 7) is 5.98. The molecule has 0 spiro atoms. The molecular weight excluding hydrogens is 546 g/mol. The van der Waals surface area contributed by atoms with E-state index < -0.39 is 56.3 Å². The summed E-state index contributed by atoms with van der Waals surface area (Å²) in [6.07, 6.45) is -2.31. The van der Waals surface area contributed by atoms with Crippen LogP contribution in [0.3, 0.4) is 0 Å². The van der Waals surface area contributed by atoms with Gasteiger partial charge in [-0.05, 0) is 52.1 Å². The lowest BCUT2D eigenvalue weighted by molar-refractivity contribution is -0.254. The van der Waals surface area contributed by atoms with Gasteiger partial charge in [-0.25, -0.2) is 13.8 Å². The van der Waals surface area contributed by atoms with Crippen molar-refractivity contribution in [1.82, 2.24) is 14.6 Å². The van der Waals surface area contributed by atoms with Crippen molar-refractivity contribution in [3.8, 4) is 5.75 Å². The molecule has 0 amide bonds. The lowest BCUT2D eigenvalue weighted by Gasteiger charge is -2.33. The Hall–Kier alpha value is -3.35. The summed E-state index contributed by atoms with van der Waals surface area (Å²) < 4.78 is 52.7. The van der Waals surface area contributed by atoms with E-state index in [0.717, 1.165) is 16.9 Å². The number of carbonyl (C=O) groups is 1. The number of aromatic nitrogens is 2. The monoisotopic (exact) mass is 580 g/mol. The maximum atomic E-state index is 16.0. The van der Waals surface area contributed by atoms with E-state index in [-0.39, 0.29) is 11.6 Å². The molecule has 40 heavy (non-hydrogen) atoms. The molecule has 218 valence electrons. The predicted octanol–water partition coefficient (Wildman–Crippen LogP) is 3.69. The Morgan fingerprint density at radius 3 is 2.48 bits per heavy atom. The van der Waals surface area contributed by atoms with Crippen LogP contribution in [-0.4, -0.2) is 51.3 Å². The molecule has 0 aliphatic carbocycles. The van der Waals surface area contributed by atoms with E-state index in [1.807, 2.05) is 18.2 Å². The van der Waals surface area contributed by atoms with Crippen molar-refractivity contribution >= 4 is 30.3 Å². The van der Waals surface area contributed by atoms with Gasteiger partial charge in [0.15, 0.2) is 0 Å². The standard InChI is InChI=1S/C26H34FN4O8P/c1-16(2)37-24(33)17(3)30-40(35,39-22-12-8-10-20-9-6-7-11-21(20)22)36-15-26(27,18(4)32)38-19(5)31-14-13-23(28)29-25(31)34/h6-14,16-19,32H,15H2,1-5H3,(H,30,35)(H2,28,29,34)/t17-,18-,19+,26+,40?/m0/s1. The number of hydrogen-bond acceptors (Lipinski definition) is 10. The van der Waals surface area contributed by atoms with Crippen molar-refractivity contribution in [1.29, 1.82) is 0 Å². The van der Waals surface area contributed by atoms with Crippen LogP contribution in [0.25, 0.3) is 10.8 Å². The molecule has 1 unspecified atom stereocenters. The number of anilines is 1. The van der Waals surface area contributed by atoms with E-state index in [9.17, 15) is 19.3 Å². The SMILES string of the molecule is CC(C)OC(=O)[C@H](C)NP(=O)(OC[C@@](F)(O[C@H](C)n1ccc(N)nc1=O)[C@H](C)O)Oc1cccc2ccccc12. The second-order valence-corrected chi connectivity index (χ2v) is 11.1. The van der Waals surface area contributed by atoms with Crippen molar-refractivity contribution in [2.75, 3.05) is 12.3 Å². The minimum absolute atomic E-state index is 0.0402. The molecular formula is C26H34FN4O8P. The molecule has 0 saturated heterocycles. The molecule has 0 radical (unpaired) electrons. The van der Waals surface area contributed by atoms with E-state index >= 15 is 4.39 Å². The van der Waals surface area contributed by atoms with Crippen LogP contribution < -0.4 is 21.0 Å². The predicted molar refractivity (Wildman–Crippen MR) is 146 cm³/mol. The van der Waals surface area contributed by atoms with Gasteiger partial charge in [-0.3, -0.25) is 13.9 Å². The largest absolute Gasteiger partial charge is 0.462 e. The summed E-state index contributed by atoms with van der Waals surface area (Å²) in [5, 5.41) is 14.1. The van der Waals surface area contributed by atoms with Crippen LogP contribution in [0, 0.1) is 0 Å². The molecule has 4 N–H and O–H groups in total. The van der Waals surface area contributed by atoms with Gasteiger partial charge in [-0.1, -0.05) is 36.4 Å². The van der Waals surface area contributed by atoms with Crippen LogP contribution in [-0.2, 0) is 23.4 Å². The van der Waals surface area contributed by atoms with Crippen LogP contribution in [0.4, 0.5) is 10.2 Å². The average Bonchev–Trinajstić information content (AvgIpc) is 2.87. The fraction of sp³-hybridized carbons (Fsp3) is 0.423. The number of hydrogen-bond donors (Lipinski definition) is 3. The number of rotatable bonds is 13. The van der Waals surface area contributed by atoms with Gasteiger partial charge in [-0.15, -0.1) is 0 Å². The Morgan fingerprint density at radius 1 is 1.15 bits per heavy atom. The first-order valence-electron chi connectivity index (χ1n) is 12.5. The molecule has 0 aliphatic heterocycles. The summed E-state index contributed by atoms with van der Waals surface area (Å²) in [5.74, 6) is -3.64. The normalized spacial score (nSPS) is 17.0. The lowest BCUT2D eigenvalue weighted by atomic mass is 10.1. The Morgan fingerprint density at radius 2 is 1.82 bits per heavy atom. The van der Waals surface area contributed by atoms with Gasteiger partial charge in [0.2, 0.25) is 0 Å². The highest BCUT2D eigenvalue weighted by atomic mass is 31.2. The Balaban J connectivity index is 1.90. The highest BCUT2D eigenvalue weighted by molar-refractivity contribution is 7.52. The molecule has 3 aromatic rings. The summed E-state index contributed by atoms with van der Waals surface area (Å²) in [6, 6.07) is 12.2. The topological polar surface area (TPSA) is 164 Å². The number of aliphatic hydroxyl groups is 1. The third kappa shape index (κ3) is 7.86. The van der Waals surface area contributed by atoms with Crippen molar-refractivity contribution in [3.05, 3.63) is 65.2 Å². The van der Waals surface area contributed by atoms with Crippen molar-refractivity contribution in [2.24, 2.45) is 0 Å². The Kier molecular flexibility index (Phi) is 10.0. The van der Waals surface area contributed by atoms with Crippen LogP contribution in [0.2, 0.25) is 0 Å². The molecule has 0 bridgehead atoms. The summed E-state index contributed by atoms with van der Waals surface area (Å²) >= 11 is 0. The van der Waals surface area contributed by atoms with Gasteiger partial charge in [0, 0.05) is 11.6 Å². The fourth-order valence-corrected chi connectivity index (χ4v) is 5.11. The number of carbonyl (C=O) groups excluding carboxylic acids is 1. The molecule has 3 rings (SSSR count). The van der Waals surface area contributed by atoms with Gasteiger partial charge in [0.05, 0.1) is 6.10 Å². The van der Waals surface area contributed by atoms with Gasteiger partial charge >= 0.3 is 19.4 Å². The zero-order chi connectivity index (χ0) is 29.7. The molecule has 2 aromatic carbocycles. The number of nitrogens with zero attached hydrogens (tertiary/aromatic N) is 2. The van der Waals surface area contributed by atoms with Crippen LogP contribution in [0.15, 0.2) is 59.5 Å². The zero-order valence-electron chi connectivity index (χ0n) is 22.8. The quantitative estimate of drug-likeness (QED) is 0.199. The molecule has 1 aromatic heterocycles. The number of nitrogens with two attached hydrogens (primary N) is 1. The highest BCUT2D eigenvalue weighted by Crippen LogP contribution is 2.48. The van der Waals surface area contributed by atoms with Crippen LogP contribution in [0.1, 0.15) is 40.8 Å². The average molecular weight is 581 g/mol. The van der Waals surface area contributed by atoms with E-state index in [1.165, 1.54) is 32.2 Å². The maximum Gasteiger partial charge on any atom is 0.459 e. The first kappa shape index (κ1) is 31.2. The number of alkyl halides is 1. The minimum Gasteiger partial charge on any atom is -0.462 e. The molecule has 1 heterocycles. The molecule has 14 heteroatoms. The Bertz CT molecular complexity index is 1430. The van der Waals surface area contributed by atoms with Gasteiger partial charge in [0.25, 0.3) is 5.85 Å². The Labute approximate surface area is 230 Å². The number of ether oxygens (including phenoxy) is 2. The van der Waals surface area contributed by atoms with Gasteiger partial charge in [0.1, 0.15) is 36.5 Å². The highest BCUT2D eigenvalue weighted by Gasteiger charge is 2.44. The number of benzene rings is 2. The molecule has 0 aliphatic rings. The maximum absolute atomic E-state index is 16.0. The first-order chi connectivity index (χ1) is 18.7. The van der Waals surface area contributed by atoms with Crippen molar-refractivity contribution in [3.63, 3.8) is 0 Å². The second-order valence-electron chi connectivity index (χ2n) is 9.40. The number of fused-ring (bicyclic) bond motifs is 1. The van der Waals surface area contributed by atoms with E-state index in [4.69, 9.17) is 24.3 Å². The molecule has 0 saturated carbocycles. The number of aliphatic hydroxyl groups excluding tert-OH is 1. The van der Waals surface area contributed by atoms with Crippen molar-refractivity contribution in [2.45, 2.75) is 65.0 Å². The third-order valence-electron chi connectivity index (χ3n) is 5.69. The van der Waals surface area contributed by atoms with Gasteiger partial charge < -0.3 is 24.8 Å². The van der Waals surface area contributed by atoms with Crippen molar-refractivity contribution < 1.29 is 37.4 Å². The lowest BCUT2D eigenvalue weighted by Crippen LogP contribution is -2.46. The number of nitrogen functional groups attached to an aromatic ring is 1. The molecule has 0 fully saturated rings. The zero-order valence-corrected chi connectivity index (χ0v) is 23.7. The summed E-state index contributed by atoms with van der Waals surface area (Å²) in [5.41, 5.74) is 4.69. The summed E-state index contributed by atoms with van der Waals surface area (Å²) in [7, 11) is -4.55. The number of nitrogens with one attached hydrogen (secondary N) is 1.